The molecule has 1 aliphatic rings. The van der Waals surface area contributed by atoms with E-state index in [0.29, 0.717) is 25.9 Å². The molecule has 1 aliphatic heterocycles. The van der Waals surface area contributed by atoms with E-state index >= 15 is 0 Å². The van der Waals surface area contributed by atoms with E-state index in [4.69, 9.17) is 14.3 Å². The van der Waals surface area contributed by atoms with Crippen LogP contribution in [-0.2, 0) is 30.4 Å². The molecule has 0 bridgehead atoms. The van der Waals surface area contributed by atoms with Gasteiger partial charge in [0.1, 0.15) is 17.7 Å². The maximum absolute atomic E-state index is 13.6. The van der Waals surface area contributed by atoms with Gasteiger partial charge in [-0.15, -0.1) is 0 Å². The monoisotopic (exact) mass is 519 g/mol. The molecule has 9 nitrogen and oxygen atoms in total. The number of carbonyl (C=O) groups is 3. The second kappa shape index (κ2) is 13.8. The second-order valence-corrected chi connectivity index (χ2v) is 11.3. The van der Waals surface area contributed by atoms with Gasteiger partial charge in [0.05, 0.1) is 19.1 Å². The van der Waals surface area contributed by atoms with Crippen molar-refractivity contribution in [2.75, 3.05) is 13.7 Å². The lowest BCUT2D eigenvalue weighted by Gasteiger charge is -2.31. The van der Waals surface area contributed by atoms with Crippen molar-refractivity contribution in [3.8, 4) is 0 Å². The molecule has 37 heavy (non-hydrogen) atoms. The number of hydrogen-bond donors (Lipinski definition) is 2. The van der Waals surface area contributed by atoms with Crippen molar-refractivity contribution < 1.29 is 28.7 Å². The molecule has 2 rings (SSSR count). The average molecular weight is 520 g/mol. The van der Waals surface area contributed by atoms with Crippen molar-refractivity contribution in [2.45, 2.75) is 91.6 Å². The molecule has 208 valence electrons. The number of nitrogens with one attached hydrogen (secondary N) is 2. The molecule has 1 heterocycles. The third-order valence-electron chi connectivity index (χ3n) is 6.40. The zero-order valence-electron chi connectivity index (χ0n) is 23.6. The fourth-order valence-corrected chi connectivity index (χ4v) is 4.39. The summed E-state index contributed by atoms with van der Waals surface area (Å²) in [5.74, 6) is -1.30. The number of methoxy groups -OCH3 is 1. The van der Waals surface area contributed by atoms with Crippen molar-refractivity contribution in [2.24, 2.45) is 17.8 Å². The van der Waals surface area contributed by atoms with E-state index in [0.717, 1.165) is 5.56 Å². The summed E-state index contributed by atoms with van der Waals surface area (Å²) in [5.41, 5.74) is 0.373. The standard InChI is InChI=1S/C28H45N3O6/c1-9-19(4)23(26(33)35-8)30-25(32)21-17-31(16-20-13-11-10-12-14-20)37-24(21)22(15-18(2)3)29-27(34)36-28(5,6)7/h10-14,18-19,21-24H,9,15-17H2,1-8H3,(H,29,34)(H,30,32)/t19-,21?,22-,23-,24?/m0/s1. The maximum Gasteiger partial charge on any atom is 0.407 e. The van der Waals surface area contributed by atoms with Crippen LogP contribution in [0.5, 0.6) is 0 Å². The van der Waals surface area contributed by atoms with Gasteiger partial charge in [-0.25, -0.2) is 9.59 Å². The van der Waals surface area contributed by atoms with E-state index < -0.39 is 41.8 Å². The molecule has 0 radical (unpaired) electrons. The Balaban J connectivity index is 2.33. The highest BCUT2D eigenvalue weighted by Gasteiger charge is 2.45. The van der Waals surface area contributed by atoms with E-state index in [9.17, 15) is 14.4 Å². The Hall–Kier alpha value is -2.65. The summed E-state index contributed by atoms with van der Waals surface area (Å²) in [4.78, 5) is 45.2. The second-order valence-electron chi connectivity index (χ2n) is 11.3. The number of hydroxylamine groups is 2. The van der Waals surface area contributed by atoms with Gasteiger partial charge in [0.2, 0.25) is 5.91 Å². The molecule has 1 aromatic rings. The van der Waals surface area contributed by atoms with Gasteiger partial charge in [0.25, 0.3) is 0 Å². The first-order chi connectivity index (χ1) is 17.3. The van der Waals surface area contributed by atoms with Crippen LogP contribution in [0.4, 0.5) is 4.79 Å². The van der Waals surface area contributed by atoms with Gasteiger partial charge < -0.3 is 20.1 Å². The minimum Gasteiger partial charge on any atom is -0.467 e. The molecule has 0 aliphatic carbocycles. The molecule has 2 N–H and O–H groups in total. The molecular formula is C28H45N3O6. The Bertz CT molecular complexity index is 886. The van der Waals surface area contributed by atoms with Gasteiger partial charge in [0.15, 0.2) is 0 Å². The van der Waals surface area contributed by atoms with Crippen LogP contribution in [0.15, 0.2) is 30.3 Å². The van der Waals surface area contributed by atoms with E-state index in [2.05, 4.69) is 10.6 Å². The Labute approximate surface area is 221 Å². The number of nitrogens with zero attached hydrogens (tertiary/aromatic N) is 1. The van der Waals surface area contributed by atoms with Crippen LogP contribution in [0.3, 0.4) is 0 Å². The van der Waals surface area contributed by atoms with Crippen LogP contribution >= 0.6 is 0 Å². The zero-order chi connectivity index (χ0) is 27.8. The molecule has 1 saturated heterocycles. The van der Waals surface area contributed by atoms with Crippen LogP contribution in [0.2, 0.25) is 0 Å². The highest BCUT2D eigenvalue weighted by molar-refractivity contribution is 5.86. The average Bonchev–Trinajstić information content (AvgIpc) is 3.24. The summed E-state index contributed by atoms with van der Waals surface area (Å²) >= 11 is 0. The van der Waals surface area contributed by atoms with Gasteiger partial charge in [0, 0.05) is 13.1 Å². The van der Waals surface area contributed by atoms with Gasteiger partial charge in [-0.3, -0.25) is 9.63 Å². The lowest BCUT2D eigenvalue weighted by Crippen LogP contribution is -2.54. The third-order valence-corrected chi connectivity index (χ3v) is 6.40. The Kier molecular flexibility index (Phi) is 11.4. The van der Waals surface area contributed by atoms with Crippen molar-refractivity contribution in [1.29, 1.82) is 0 Å². The topological polar surface area (TPSA) is 106 Å². The normalized spacial score (nSPS) is 20.7. The Morgan fingerprint density at radius 3 is 2.30 bits per heavy atom. The lowest BCUT2D eigenvalue weighted by atomic mass is 9.89. The summed E-state index contributed by atoms with van der Waals surface area (Å²) in [5, 5.41) is 7.62. The molecule has 2 amide bonds. The molecule has 1 fully saturated rings. The number of ether oxygens (including phenoxy) is 2. The maximum atomic E-state index is 13.6. The predicted octanol–water partition coefficient (Wildman–Crippen LogP) is 4.06. The summed E-state index contributed by atoms with van der Waals surface area (Å²) in [6.07, 6.45) is 0.0721. The first kappa shape index (κ1) is 30.6. The Morgan fingerprint density at radius 2 is 1.76 bits per heavy atom. The Morgan fingerprint density at radius 1 is 1.11 bits per heavy atom. The van der Waals surface area contributed by atoms with E-state index in [1.807, 2.05) is 58.0 Å². The number of rotatable bonds is 11. The molecule has 9 heteroatoms. The zero-order valence-corrected chi connectivity index (χ0v) is 23.6. The first-order valence-corrected chi connectivity index (χ1v) is 13.2. The third kappa shape index (κ3) is 9.63. The summed E-state index contributed by atoms with van der Waals surface area (Å²) in [7, 11) is 1.32. The minimum atomic E-state index is -0.770. The molecule has 5 atom stereocenters. The number of hydrogen-bond acceptors (Lipinski definition) is 7. The van der Waals surface area contributed by atoms with Gasteiger partial charge >= 0.3 is 12.1 Å². The molecule has 0 spiro atoms. The van der Waals surface area contributed by atoms with Crippen molar-refractivity contribution in [3.63, 3.8) is 0 Å². The summed E-state index contributed by atoms with van der Waals surface area (Å²) in [6, 6.07) is 8.58. The van der Waals surface area contributed by atoms with Crippen LogP contribution in [0.1, 0.15) is 66.9 Å². The van der Waals surface area contributed by atoms with E-state index in [-0.39, 0.29) is 17.7 Å². The smallest absolute Gasteiger partial charge is 0.407 e. The molecule has 0 aromatic heterocycles. The highest BCUT2D eigenvalue weighted by atomic mass is 16.7. The fraction of sp³-hybridized carbons (Fsp3) is 0.679. The van der Waals surface area contributed by atoms with Crippen LogP contribution in [0.25, 0.3) is 0 Å². The summed E-state index contributed by atoms with van der Waals surface area (Å²) < 4.78 is 10.5. The van der Waals surface area contributed by atoms with Gasteiger partial charge in [-0.05, 0) is 44.6 Å². The fourth-order valence-electron chi connectivity index (χ4n) is 4.39. The number of esters is 1. The van der Waals surface area contributed by atoms with Crippen molar-refractivity contribution in [3.05, 3.63) is 35.9 Å². The van der Waals surface area contributed by atoms with E-state index in [1.54, 1.807) is 25.8 Å². The number of benzene rings is 1. The van der Waals surface area contributed by atoms with Crippen molar-refractivity contribution in [1.82, 2.24) is 15.7 Å². The molecule has 1 aromatic carbocycles. The number of amides is 2. The van der Waals surface area contributed by atoms with Crippen molar-refractivity contribution >= 4 is 18.0 Å². The molecular weight excluding hydrogens is 474 g/mol. The quantitative estimate of drug-likeness (QED) is 0.425. The van der Waals surface area contributed by atoms with E-state index in [1.165, 1.54) is 7.11 Å². The van der Waals surface area contributed by atoms with Gasteiger partial charge in [-0.1, -0.05) is 64.4 Å². The molecule has 0 saturated carbocycles. The van der Waals surface area contributed by atoms with Crippen LogP contribution < -0.4 is 10.6 Å². The predicted molar refractivity (Wildman–Crippen MR) is 141 cm³/mol. The number of carbonyl (C=O) groups excluding carboxylic acids is 3. The lowest BCUT2D eigenvalue weighted by molar-refractivity contribution is -0.164. The largest absolute Gasteiger partial charge is 0.467 e. The molecule has 2 unspecified atom stereocenters. The minimum absolute atomic E-state index is 0.107. The summed E-state index contributed by atoms with van der Waals surface area (Å²) in [6.45, 7) is 14.1. The SMILES string of the molecule is CC[C@H](C)[C@H](NC(=O)C1CN(Cc2ccccc2)OC1[C@H](CC(C)C)NC(=O)OC(C)(C)C)C(=O)OC. The number of alkyl carbamates (subject to hydrolysis) is 1. The highest BCUT2D eigenvalue weighted by Crippen LogP contribution is 2.29. The van der Waals surface area contributed by atoms with Gasteiger partial charge in [-0.2, -0.15) is 5.06 Å². The van der Waals surface area contributed by atoms with Crippen LogP contribution in [0, 0.1) is 17.8 Å². The first-order valence-electron chi connectivity index (χ1n) is 13.2. The van der Waals surface area contributed by atoms with Crippen LogP contribution in [-0.4, -0.2) is 60.5 Å².